The van der Waals surface area contributed by atoms with E-state index >= 15 is 0 Å². The number of amides is 1. The fourth-order valence-corrected chi connectivity index (χ4v) is 3.98. The summed E-state index contributed by atoms with van der Waals surface area (Å²) in [7, 11) is 0. The third-order valence-corrected chi connectivity index (χ3v) is 5.58. The van der Waals surface area contributed by atoms with Crippen LogP contribution in [0.15, 0.2) is 46.9 Å². The zero-order valence-corrected chi connectivity index (χ0v) is 20.2. The molecule has 1 N–H and O–H groups in total. The van der Waals surface area contributed by atoms with Crippen LogP contribution < -0.4 is 10.2 Å². The van der Waals surface area contributed by atoms with Crippen LogP contribution in [0.1, 0.15) is 26.3 Å². The maximum atomic E-state index is 12.3. The predicted molar refractivity (Wildman–Crippen MR) is 129 cm³/mol. The Balaban J connectivity index is 1.64. The zero-order valence-electron chi connectivity index (χ0n) is 18.6. The third kappa shape index (κ3) is 6.59. The number of nitro benzene ring substituents is 1. The highest BCUT2D eigenvalue weighted by Gasteiger charge is 2.26. The molecule has 0 radical (unpaired) electrons. The summed E-state index contributed by atoms with van der Waals surface area (Å²) in [6.45, 7) is 8.47. The van der Waals surface area contributed by atoms with Crippen LogP contribution in [0.3, 0.4) is 0 Å². The lowest BCUT2D eigenvalue weighted by Gasteiger charge is -2.36. The summed E-state index contributed by atoms with van der Waals surface area (Å²) in [6, 6.07) is 13.1. The largest absolute Gasteiger partial charge is 0.444 e. The molecule has 3 rings (SSSR count). The molecule has 0 spiro atoms. The summed E-state index contributed by atoms with van der Waals surface area (Å²) in [6.07, 6.45) is 0.436. The molecule has 1 fully saturated rings. The van der Waals surface area contributed by atoms with Crippen molar-refractivity contribution >= 4 is 39.1 Å². The third-order valence-electron chi connectivity index (χ3n) is 5.09. The molecule has 1 heterocycles. The minimum absolute atomic E-state index is 0.0513. The van der Waals surface area contributed by atoms with E-state index in [9.17, 15) is 14.9 Å². The number of rotatable bonds is 6. The van der Waals surface area contributed by atoms with E-state index in [2.05, 4.69) is 26.1 Å². The van der Waals surface area contributed by atoms with Crippen molar-refractivity contribution in [3.63, 3.8) is 0 Å². The van der Waals surface area contributed by atoms with Gasteiger partial charge >= 0.3 is 6.09 Å². The number of halogens is 1. The Hall–Kier alpha value is -2.81. The summed E-state index contributed by atoms with van der Waals surface area (Å²) in [5.74, 6) is 0. The quantitative estimate of drug-likeness (QED) is 0.436. The maximum absolute atomic E-state index is 12.3. The van der Waals surface area contributed by atoms with Gasteiger partial charge in [-0.15, -0.1) is 0 Å². The van der Waals surface area contributed by atoms with Crippen LogP contribution in [0.5, 0.6) is 0 Å². The normalized spacial score (nSPS) is 14.2. The average molecular weight is 505 g/mol. The van der Waals surface area contributed by atoms with Crippen LogP contribution >= 0.6 is 15.9 Å². The molecule has 32 heavy (non-hydrogen) atoms. The van der Waals surface area contributed by atoms with E-state index in [-0.39, 0.29) is 16.7 Å². The van der Waals surface area contributed by atoms with Gasteiger partial charge in [-0.2, -0.15) is 0 Å². The number of carbonyl (C=O) groups excluding carboxylic acids is 1. The number of piperazine rings is 1. The minimum Gasteiger partial charge on any atom is -0.444 e. The number of nitrogens with one attached hydrogen (secondary N) is 1. The fourth-order valence-electron chi connectivity index (χ4n) is 3.53. The first kappa shape index (κ1) is 23.8. The first-order valence-electron chi connectivity index (χ1n) is 10.6. The van der Waals surface area contributed by atoms with E-state index in [0.29, 0.717) is 38.4 Å². The van der Waals surface area contributed by atoms with Gasteiger partial charge in [0.15, 0.2) is 0 Å². The van der Waals surface area contributed by atoms with Crippen LogP contribution in [-0.2, 0) is 11.2 Å². The second kappa shape index (κ2) is 10.2. The number of benzene rings is 2. The van der Waals surface area contributed by atoms with Crippen molar-refractivity contribution in [2.75, 3.05) is 42.9 Å². The monoisotopic (exact) mass is 504 g/mol. The summed E-state index contributed by atoms with van der Waals surface area (Å²) in [4.78, 5) is 27.2. The first-order chi connectivity index (χ1) is 15.1. The number of nitro groups is 1. The topological polar surface area (TPSA) is 88.0 Å². The van der Waals surface area contributed by atoms with Gasteiger partial charge < -0.3 is 19.9 Å². The average Bonchev–Trinajstić information content (AvgIpc) is 2.72. The Morgan fingerprint density at radius 3 is 2.50 bits per heavy atom. The van der Waals surface area contributed by atoms with Crippen molar-refractivity contribution in [1.29, 1.82) is 0 Å². The van der Waals surface area contributed by atoms with Crippen LogP contribution in [0.25, 0.3) is 0 Å². The minimum atomic E-state index is -0.525. The van der Waals surface area contributed by atoms with Gasteiger partial charge in [-0.05, 0) is 57.0 Å². The molecule has 1 aliphatic rings. The molecule has 0 aromatic heterocycles. The van der Waals surface area contributed by atoms with E-state index in [1.54, 1.807) is 11.0 Å². The highest BCUT2D eigenvalue weighted by atomic mass is 79.9. The number of hydrogen-bond donors (Lipinski definition) is 1. The zero-order chi connectivity index (χ0) is 23.3. The molecule has 1 amide bonds. The number of carbonyl (C=O) groups is 1. The molecule has 1 saturated heterocycles. The summed E-state index contributed by atoms with van der Waals surface area (Å²) in [5.41, 5.74) is 2.06. The summed E-state index contributed by atoms with van der Waals surface area (Å²) < 4.78 is 6.46. The van der Waals surface area contributed by atoms with Gasteiger partial charge in [0.2, 0.25) is 0 Å². The molecule has 0 bridgehead atoms. The van der Waals surface area contributed by atoms with Gasteiger partial charge in [0.05, 0.1) is 4.92 Å². The van der Waals surface area contributed by atoms with Gasteiger partial charge in [0, 0.05) is 49.0 Å². The Labute approximate surface area is 196 Å². The van der Waals surface area contributed by atoms with Gasteiger partial charge in [-0.1, -0.05) is 28.1 Å². The van der Waals surface area contributed by atoms with Gasteiger partial charge in [-0.25, -0.2) is 4.79 Å². The van der Waals surface area contributed by atoms with Crippen molar-refractivity contribution < 1.29 is 14.5 Å². The van der Waals surface area contributed by atoms with Crippen LogP contribution in [0.2, 0.25) is 0 Å². The second-order valence-corrected chi connectivity index (χ2v) is 9.64. The van der Waals surface area contributed by atoms with Crippen LogP contribution in [-0.4, -0.2) is 54.2 Å². The lowest BCUT2D eigenvalue weighted by atomic mass is 10.1. The number of anilines is 2. The van der Waals surface area contributed by atoms with Gasteiger partial charge in [0.1, 0.15) is 11.3 Å². The Kier molecular flexibility index (Phi) is 7.60. The van der Waals surface area contributed by atoms with Crippen molar-refractivity contribution in [2.45, 2.75) is 32.8 Å². The van der Waals surface area contributed by atoms with Crippen molar-refractivity contribution in [1.82, 2.24) is 4.90 Å². The Bertz CT molecular complexity index is 969. The molecule has 0 atom stereocenters. The number of hydrogen-bond acceptors (Lipinski definition) is 6. The van der Waals surface area contributed by atoms with Crippen LogP contribution in [0.4, 0.5) is 21.9 Å². The summed E-state index contributed by atoms with van der Waals surface area (Å²) >= 11 is 3.46. The SMILES string of the molecule is CC(C)(C)OC(=O)N1CCN(c2ccc([N+](=O)[O-])c(NCCc3cccc(Br)c3)c2)CC1. The molecular formula is C23H29BrN4O4. The molecule has 0 unspecified atom stereocenters. The summed E-state index contributed by atoms with van der Waals surface area (Å²) in [5, 5.41) is 14.7. The molecule has 8 nitrogen and oxygen atoms in total. The molecule has 9 heteroatoms. The molecule has 0 saturated carbocycles. The lowest BCUT2D eigenvalue weighted by Crippen LogP contribution is -2.50. The second-order valence-electron chi connectivity index (χ2n) is 8.72. The van der Waals surface area contributed by atoms with Crippen molar-refractivity contribution in [2.24, 2.45) is 0 Å². The number of ether oxygens (including phenoxy) is 1. The van der Waals surface area contributed by atoms with E-state index < -0.39 is 5.60 Å². The van der Waals surface area contributed by atoms with E-state index in [0.717, 1.165) is 22.1 Å². The molecular weight excluding hydrogens is 476 g/mol. The molecule has 0 aliphatic carbocycles. The smallest absolute Gasteiger partial charge is 0.410 e. The molecule has 1 aliphatic heterocycles. The fraction of sp³-hybridized carbons (Fsp3) is 0.435. The molecule has 2 aromatic rings. The van der Waals surface area contributed by atoms with E-state index in [1.165, 1.54) is 6.07 Å². The van der Waals surface area contributed by atoms with Gasteiger partial charge in [-0.3, -0.25) is 10.1 Å². The van der Waals surface area contributed by atoms with Crippen molar-refractivity contribution in [3.8, 4) is 0 Å². The predicted octanol–water partition coefficient (Wildman–Crippen LogP) is 5.07. The highest BCUT2D eigenvalue weighted by Crippen LogP contribution is 2.30. The Morgan fingerprint density at radius 2 is 1.88 bits per heavy atom. The van der Waals surface area contributed by atoms with E-state index in [1.807, 2.05) is 51.1 Å². The Morgan fingerprint density at radius 1 is 1.16 bits per heavy atom. The van der Waals surface area contributed by atoms with E-state index in [4.69, 9.17) is 4.74 Å². The first-order valence-corrected chi connectivity index (χ1v) is 11.4. The highest BCUT2D eigenvalue weighted by molar-refractivity contribution is 9.10. The van der Waals surface area contributed by atoms with Crippen LogP contribution in [0, 0.1) is 10.1 Å². The van der Waals surface area contributed by atoms with Gasteiger partial charge in [0.25, 0.3) is 5.69 Å². The lowest BCUT2D eigenvalue weighted by molar-refractivity contribution is -0.383. The molecule has 2 aromatic carbocycles. The number of nitrogens with zero attached hydrogens (tertiary/aromatic N) is 3. The standard InChI is InChI=1S/C23H29BrN4O4/c1-23(2,3)32-22(29)27-13-11-26(12-14-27)19-7-8-21(28(30)31)20(16-19)25-10-9-17-5-4-6-18(24)15-17/h4-8,15-16,25H,9-14H2,1-3H3. The molecule has 172 valence electrons. The maximum Gasteiger partial charge on any atom is 0.410 e. The van der Waals surface area contributed by atoms with Crippen molar-refractivity contribution in [3.05, 3.63) is 62.6 Å².